The van der Waals surface area contributed by atoms with Gasteiger partial charge in [0, 0.05) is 67.8 Å². The van der Waals surface area contributed by atoms with Crippen molar-refractivity contribution in [1.29, 1.82) is 0 Å². The van der Waals surface area contributed by atoms with E-state index in [1.807, 2.05) is 38.1 Å². The molecule has 4 bridgehead atoms. The van der Waals surface area contributed by atoms with Crippen molar-refractivity contribution in [2.75, 3.05) is 33.4 Å². The lowest BCUT2D eigenvalue weighted by molar-refractivity contribution is -0.142. The van der Waals surface area contributed by atoms with E-state index in [-0.39, 0.29) is 69.8 Å². The number of alkyl carbamates (subject to hydrolysis) is 2. The van der Waals surface area contributed by atoms with Crippen molar-refractivity contribution in [3.63, 3.8) is 0 Å². The van der Waals surface area contributed by atoms with Gasteiger partial charge >= 0.3 is 12.2 Å². The van der Waals surface area contributed by atoms with E-state index in [4.69, 9.17) is 18.9 Å². The smallest absolute Gasteiger partial charge is 0.407 e. The second-order valence-corrected chi connectivity index (χ2v) is 21.9. The third-order valence-electron chi connectivity index (χ3n) is 12.9. The van der Waals surface area contributed by atoms with Gasteiger partial charge in [-0.05, 0) is 127 Å². The highest BCUT2D eigenvalue weighted by Gasteiger charge is 2.37. The van der Waals surface area contributed by atoms with Crippen LogP contribution in [0.5, 0.6) is 11.5 Å². The van der Waals surface area contributed by atoms with Crippen LogP contribution in [0.4, 0.5) is 9.59 Å². The summed E-state index contributed by atoms with van der Waals surface area (Å²) >= 11 is 0. The van der Waals surface area contributed by atoms with Crippen LogP contribution in [0.3, 0.4) is 0 Å². The maximum Gasteiger partial charge on any atom is 0.407 e. The van der Waals surface area contributed by atoms with Gasteiger partial charge < -0.3 is 44.6 Å². The largest absolute Gasteiger partial charge is 0.493 e. The monoisotopic (exact) mass is 1050 g/mol. The van der Waals surface area contributed by atoms with Gasteiger partial charge in [0.05, 0.1) is 19.2 Å². The number of amides is 4. The third-order valence-corrected chi connectivity index (χ3v) is 12.9. The Morgan fingerprint density at radius 3 is 2.04 bits per heavy atom. The van der Waals surface area contributed by atoms with E-state index in [0.717, 1.165) is 36.8 Å². The average Bonchev–Trinajstić information content (AvgIpc) is 3.34. The molecule has 0 saturated heterocycles. The fraction of sp³-hybridized carbons (Fsp3) is 0.567. The van der Waals surface area contributed by atoms with Crippen LogP contribution in [0, 0.1) is 18.8 Å². The fourth-order valence-corrected chi connectivity index (χ4v) is 9.09. The van der Waals surface area contributed by atoms with Crippen molar-refractivity contribution in [2.45, 2.75) is 176 Å². The number of carbonyl (C=O) groups excluding carboxylic acids is 8. The van der Waals surface area contributed by atoms with Crippen molar-refractivity contribution in [1.82, 2.24) is 20.9 Å². The number of nitrogens with one attached hydrogen (secondary N) is 3. The lowest BCUT2D eigenvalue weighted by atomic mass is 9.87. The molecular formula is C60H84N4O12. The highest BCUT2D eigenvalue weighted by atomic mass is 16.6. The Morgan fingerprint density at radius 1 is 0.776 bits per heavy atom. The van der Waals surface area contributed by atoms with Crippen molar-refractivity contribution < 1.29 is 57.3 Å². The molecule has 0 aliphatic carbocycles. The number of unbranched alkanes of at least 4 members (excludes halogenated alkanes) is 4. The molecule has 416 valence electrons. The summed E-state index contributed by atoms with van der Waals surface area (Å²) in [5, 5.41) is 8.28. The molecule has 3 aromatic rings. The van der Waals surface area contributed by atoms with E-state index in [9.17, 15) is 28.8 Å². The molecular weight excluding hydrogens is 969 g/mol. The van der Waals surface area contributed by atoms with Gasteiger partial charge in [0.1, 0.15) is 41.6 Å². The Labute approximate surface area is 450 Å². The van der Waals surface area contributed by atoms with Crippen molar-refractivity contribution in [2.24, 2.45) is 11.8 Å². The number of aryl methyl sites for hydroxylation is 2. The summed E-state index contributed by atoms with van der Waals surface area (Å²) in [5.41, 5.74) is 2.88. The second kappa shape index (κ2) is 29.6. The number of rotatable bonds is 25. The number of nitrogens with zero attached hydrogens (tertiary/aromatic N) is 1. The van der Waals surface area contributed by atoms with Crippen molar-refractivity contribution >= 4 is 47.6 Å². The standard InChI is InChI=1S/C60H84N4O12/c1-12-14-15-16-17-19-41-21-24-45(39(3)33-41)50(67)38-44(27-28-61-57(71)75-59(5,6)7)56(70)64(11)54-43-23-26-53(73-31-13-2)47(37-43)46-35-42(22-25-52(46)74-32-29-62-58(72)76-60(8,9)10)36-48(49(66)20-18-30-65)63-55(69)40(4)34-51(54)68/h21-26,30,33,35,37,40,44,48,54H,12-20,27-29,31-32,34,36,38H2,1-11H3,(H,61,71)(H,62,72)(H,63,69)/t40-,44-,48+,54+/m1/s1. The van der Waals surface area contributed by atoms with Gasteiger partial charge in [0.25, 0.3) is 0 Å². The topological polar surface area (TPSA) is 213 Å². The van der Waals surface area contributed by atoms with Gasteiger partial charge in [0.2, 0.25) is 11.8 Å². The van der Waals surface area contributed by atoms with Gasteiger partial charge in [-0.15, -0.1) is 0 Å². The summed E-state index contributed by atoms with van der Waals surface area (Å²) in [6.45, 7) is 18.5. The Morgan fingerprint density at radius 2 is 1.41 bits per heavy atom. The van der Waals surface area contributed by atoms with Gasteiger partial charge in [-0.3, -0.25) is 24.0 Å². The maximum atomic E-state index is 15.2. The molecule has 1 heterocycles. The number of carbonyl (C=O) groups is 8. The molecule has 1 aliphatic rings. The van der Waals surface area contributed by atoms with E-state index < -0.39 is 64.9 Å². The maximum absolute atomic E-state index is 15.2. The molecule has 0 spiro atoms. The Balaban J connectivity index is 1.85. The molecule has 3 N–H and O–H groups in total. The number of ether oxygens (including phenoxy) is 4. The van der Waals surface area contributed by atoms with E-state index in [0.29, 0.717) is 58.6 Å². The van der Waals surface area contributed by atoms with Crippen LogP contribution in [0.2, 0.25) is 0 Å². The minimum absolute atomic E-state index is 0.0151. The van der Waals surface area contributed by atoms with E-state index >= 15 is 9.59 Å². The minimum atomic E-state index is -1.31. The molecule has 0 saturated carbocycles. The SMILES string of the molecule is CCCCCCCc1ccc(C(=O)C[C@@H](CCNC(=O)OC(C)(C)C)C(=O)N(C)[C@@H]2C(=O)C[C@@H](C)C(=O)N[C@H](C(=O)CCC=O)Cc3ccc(OCCNC(=O)OC(C)(C)C)c(c3)-c3cc2ccc3OCCC)c(C)c1. The quantitative estimate of drug-likeness (QED) is 0.0411. The number of benzene rings is 3. The number of likely N-dealkylation sites (N-methyl/N-ethyl adjacent to an activating group) is 1. The number of hydrogen-bond acceptors (Lipinski definition) is 12. The third kappa shape index (κ3) is 19.8. The Bertz CT molecular complexity index is 2490. The zero-order valence-electron chi connectivity index (χ0n) is 46.9. The predicted molar refractivity (Wildman–Crippen MR) is 293 cm³/mol. The number of hydrogen-bond donors (Lipinski definition) is 3. The molecule has 4 rings (SSSR count). The molecule has 3 aromatic carbocycles. The second-order valence-electron chi connectivity index (χ2n) is 21.9. The number of Topliss-reactive ketones (excluding diaryl/α,β-unsaturated/α-hetero) is 3. The van der Waals surface area contributed by atoms with Crippen LogP contribution in [-0.2, 0) is 46.3 Å². The molecule has 4 atom stereocenters. The van der Waals surface area contributed by atoms with E-state index in [1.54, 1.807) is 78.8 Å². The zero-order chi connectivity index (χ0) is 56.2. The first-order chi connectivity index (χ1) is 35.9. The average molecular weight is 1050 g/mol. The Kier molecular flexibility index (Phi) is 24.2. The van der Waals surface area contributed by atoms with Crippen LogP contribution in [0.25, 0.3) is 11.1 Å². The molecule has 4 amide bonds. The molecule has 16 nitrogen and oxygen atoms in total. The summed E-state index contributed by atoms with van der Waals surface area (Å²) in [6.07, 6.45) is 5.90. The molecule has 0 aromatic heterocycles. The summed E-state index contributed by atoms with van der Waals surface area (Å²) < 4.78 is 23.6. The number of aldehydes is 1. The zero-order valence-corrected chi connectivity index (χ0v) is 46.9. The van der Waals surface area contributed by atoms with Crippen LogP contribution in [-0.4, -0.2) is 103 Å². The minimum Gasteiger partial charge on any atom is -0.493 e. The molecule has 1 aliphatic heterocycles. The summed E-state index contributed by atoms with van der Waals surface area (Å²) in [4.78, 5) is 110. The normalized spacial score (nSPS) is 16.3. The van der Waals surface area contributed by atoms with E-state index in [1.165, 1.54) is 24.8 Å². The first kappa shape index (κ1) is 62.0. The van der Waals surface area contributed by atoms with Crippen LogP contribution in [0.1, 0.15) is 172 Å². The molecule has 0 radical (unpaired) electrons. The molecule has 0 unspecified atom stereocenters. The van der Waals surface area contributed by atoms with Crippen molar-refractivity contribution in [3.8, 4) is 22.6 Å². The van der Waals surface area contributed by atoms with Crippen LogP contribution < -0.4 is 25.4 Å². The van der Waals surface area contributed by atoms with E-state index in [2.05, 4.69) is 22.9 Å². The van der Waals surface area contributed by atoms with Crippen LogP contribution in [0.15, 0.2) is 54.6 Å². The highest BCUT2D eigenvalue weighted by Crippen LogP contribution is 2.41. The lowest BCUT2D eigenvalue weighted by Crippen LogP contribution is -2.46. The summed E-state index contributed by atoms with van der Waals surface area (Å²) in [6, 6.07) is 13.9. The lowest BCUT2D eigenvalue weighted by Gasteiger charge is -2.32. The molecule has 76 heavy (non-hydrogen) atoms. The number of fused-ring (bicyclic) bond motifs is 5. The van der Waals surface area contributed by atoms with Crippen molar-refractivity contribution in [3.05, 3.63) is 82.4 Å². The highest BCUT2D eigenvalue weighted by molar-refractivity contribution is 6.01. The summed E-state index contributed by atoms with van der Waals surface area (Å²) in [7, 11) is 1.49. The van der Waals surface area contributed by atoms with Crippen LogP contribution >= 0.6 is 0 Å². The van der Waals surface area contributed by atoms with Gasteiger partial charge in [0.15, 0.2) is 17.3 Å². The Hall–Kier alpha value is -6.58. The van der Waals surface area contributed by atoms with Gasteiger partial charge in [-0.25, -0.2) is 9.59 Å². The summed E-state index contributed by atoms with van der Waals surface area (Å²) in [5.74, 6) is -3.46. The fourth-order valence-electron chi connectivity index (χ4n) is 9.09. The first-order valence-electron chi connectivity index (χ1n) is 27.1. The van der Waals surface area contributed by atoms with Gasteiger partial charge in [-0.2, -0.15) is 0 Å². The molecule has 16 heteroatoms. The first-order valence-corrected chi connectivity index (χ1v) is 27.1. The number of ketones is 3. The molecule has 0 fully saturated rings. The predicted octanol–water partition coefficient (Wildman–Crippen LogP) is 10.4. The van der Waals surface area contributed by atoms with Gasteiger partial charge in [-0.1, -0.05) is 76.8 Å².